The maximum atomic E-state index is 13.5. The van der Waals surface area contributed by atoms with E-state index in [9.17, 15) is 8.78 Å². The molecule has 0 aliphatic heterocycles. The highest BCUT2D eigenvalue weighted by Crippen LogP contribution is 2.26. The standard InChI is InChI=1S/C11H10BrF2N3/c1-6(10-2-3-15-17-10)16-11-4-7(12)8(13)5-9(11)14/h2-6,16H,1H3,(H,15,17). The number of hydrogen-bond acceptors (Lipinski definition) is 2. The second-order valence-corrected chi connectivity index (χ2v) is 4.48. The van der Waals surface area contributed by atoms with E-state index in [1.807, 2.05) is 6.92 Å². The molecular weight excluding hydrogens is 292 g/mol. The molecule has 1 heterocycles. The first-order valence-corrected chi connectivity index (χ1v) is 5.77. The quantitative estimate of drug-likeness (QED) is 0.850. The number of aromatic nitrogens is 2. The fraction of sp³-hybridized carbons (Fsp3) is 0.182. The third-order valence-corrected chi connectivity index (χ3v) is 2.98. The van der Waals surface area contributed by atoms with E-state index < -0.39 is 11.6 Å². The second kappa shape index (κ2) is 4.83. The first kappa shape index (κ1) is 12.0. The number of nitrogens with zero attached hydrogens (tertiary/aromatic N) is 1. The number of halogens is 3. The zero-order chi connectivity index (χ0) is 12.4. The van der Waals surface area contributed by atoms with E-state index in [0.29, 0.717) is 0 Å². The summed E-state index contributed by atoms with van der Waals surface area (Å²) >= 11 is 3.02. The Morgan fingerprint density at radius 3 is 2.76 bits per heavy atom. The summed E-state index contributed by atoms with van der Waals surface area (Å²) < 4.78 is 26.7. The second-order valence-electron chi connectivity index (χ2n) is 3.62. The molecule has 0 amide bonds. The lowest BCUT2D eigenvalue weighted by Crippen LogP contribution is -2.08. The van der Waals surface area contributed by atoms with Crippen molar-refractivity contribution in [1.82, 2.24) is 10.2 Å². The summed E-state index contributed by atoms with van der Waals surface area (Å²) in [6, 6.07) is 3.85. The molecule has 3 nitrogen and oxygen atoms in total. The highest BCUT2D eigenvalue weighted by atomic mass is 79.9. The molecule has 0 radical (unpaired) electrons. The van der Waals surface area contributed by atoms with Gasteiger partial charge in [-0.3, -0.25) is 5.10 Å². The van der Waals surface area contributed by atoms with E-state index in [4.69, 9.17) is 0 Å². The van der Waals surface area contributed by atoms with Gasteiger partial charge in [-0.2, -0.15) is 5.10 Å². The van der Waals surface area contributed by atoms with Gasteiger partial charge in [0.15, 0.2) is 0 Å². The molecule has 2 rings (SSSR count). The van der Waals surface area contributed by atoms with Crippen LogP contribution in [0.25, 0.3) is 0 Å². The van der Waals surface area contributed by atoms with Crippen molar-refractivity contribution in [2.75, 3.05) is 5.32 Å². The Balaban J connectivity index is 2.22. The summed E-state index contributed by atoms with van der Waals surface area (Å²) in [6.45, 7) is 1.85. The van der Waals surface area contributed by atoms with Crippen molar-refractivity contribution in [2.45, 2.75) is 13.0 Å². The summed E-state index contributed by atoms with van der Waals surface area (Å²) in [7, 11) is 0. The van der Waals surface area contributed by atoms with Gasteiger partial charge in [0.25, 0.3) is 0 Å². The third-order valence-electron chi connectivity index (χ3n) is 2.37. The summed E-state index contributed by atoms with van der Waals surface area (Å²) in [4.78, 5) is 0. The Bertz CT molecular complexity index is 514. The number of rotatable bonds is 3. The van der Waals surface area contributed by atoms with Gasteiger partial charge in [-0.05, 0) is 35.0 Å². The Morgan fingerprint density at radius 1 is 1.35 bits per heavy atom. The Labute approximate surface area is 105 Å². The van der Waals surface area contributed by atoms with Gasteiger partial charge in [0, 0.05) is 12.3 Å². The highest BCUT2D eigenvalue weighted by molar-refractivity contribution is 9.10. The molecule has 1 aromatic heterocycles. The molecule has 0 aliphatic rings. The number of H-pyrrole nitrogens is 1. The van der Waals surface area contributed by atoms with Crippen molar-refractivity contribution >= 4 is 21.6 Å². The molecule has 6 heteroatoms. The summed E-state index contributed by atoms with van der Waals surface area (Å²) in [5.41, 5.74) is 1.06. The lowest BCUT2D eigenvalue weighted by Gasteiger charge is -2.14. The molecular formula is C11H10BrF2N3. The van der Waals surface area contributed by atoms with E-state index in [2.05, 4.69) is 31.4 Å². The Kier molecular flexibility index (Phi) is 3.42. The van der Waals surface area contributed by atoms with Gasteiger partial charge in [-0.1, -0.05) is 0 Å². The van der Waals surface area contributed by atoms with E-state index in [1.165, 1.54) is 6.07 Å². The number of anilines is 1. The zero-order valence-corrected chi connectivity index (χ0v) is 10.6. The number of nitrogens with one attached hydrogen (secondary N) is 2. The molecule has 90 valence electrons. The first-order valence-electron chi connectivity index (χ1n) is 4.98. The Morgan fingerprint density at radius 2 is 2.12 bits per heavy atom. The molecule has 2 aromatic rings. The van der Waals surface area contributed by atoms with Crippen LogP contribution < -0.4 is 5.32 Å². The molecule has 0 aliphatic carbocycles. The maximum absolute atomic E-state index is 13.5. The van der Waals surface area contributed by atoms with E-state index in [0.717, 1.165) is 11.8 Å². The minimum Gasteiger partial charge on any atom is -0.375 e. The largest absolute Gasteiger partial charge is 0.375 e. The van der Waals surface area contributed by atoms with Crippen LogP contribution in [-0.2, 0) is 0 Å². The molecule has 1 atom stereocenters. The minimum atomic E-state index is -0.628. The number of aromatic amines is 1. The molecule has 17 heavy (non-hydrogen) atoms. The lowest BCUT2D eigenvalue weighted by molar-refractivity contribution is 0.579. The van der Waals surface area contributed by atoms with Crippen LogP contribution >= 0.6 is 15.9 Å². The van der Waals surface area contributed by atoms with Crippen molar-refractivity contribution in [3.8, 4) is 0 Å². The molecule has 0 bridgehead atoms. The van der Waals surface area contributed by atoms with Crippen LogP contribution in [-0.4, -0.2) is 10.2 Å². The predicted molar refractivity (Wildman–Crippen MR) is 64.7 cm³/mol. The average Bonchev–Trinajstić information content (AvgIpc) is 2.79. The van der Waals surface area contributed by atoms with Crippen LogP contribution in [0.2, 0.25) is 0 Å². The topological polar surface area (TPSA) is 40.7 Å². The molecule has 0 saturated heterocycles. The van der Waals surface area contributed by atoms with Crippen LogP contribution in [0.5, 0.6) is 0 Å². The fourth-order valence-corrected chi connectivity index (χ4v) is 1.80. The van der Waals surface area contributed by atoms with E-state index >= 15 is 0 Å². The molecule has 0 fully saturated rings. The van der Waals surface area contributed by atoms with Crippen LogP contribution in [0.3, 0.4) is 0 Å². The highest BCUT2D eigenvalue weighted by Gasteiger charge is 2.12. The molecule has 0 spiro atoms. The van der Waals surface area contributed by atoms with Crippen LogP contribution in [0.1, 0.15) is 18.7 Å². The Hall–Kier alpha value is -1.43. The van der Waals surface area contributed by atoms with Crippen LogP contribution in [0.15, 0.2) is 28.9 Å². The van der Waals surface area contributed by atoms with Gasteiger partial charge >= 0.3 is 0 Å². The summed E-state index contributed by atoms with van der Waals surface area (Å²) in [5, 5.41) is 9.53. The lowest BCUT2D eigenvalue weighted by atomic mass is 10.2. The van der Waals surface area contributed by atoms with E-state index in [-0.39, 0.29) is 16.2 Å². The zero-order valence-electron chi connectivity index (χ0n) is 8.97. The molecule has 0 saturated carbocycles. The average molecular weight is 302 g/mol. The third kappa shape index (κ3) is 2.63. The molecule has 1 unspecified atom stereocenters. The van der Waals surface area contributed by atoms with Gasteiger partial charge in [0.05, 0.1) is 21.9 Å². The summed E-state index contributed by atoms with van der Waals surface area (Å²) in [6.07, 6.45) is 1.62. The van der Waals surface area contributed by atoms with Gasteiger partial charge in [-0.25, -0.2) is 8.78 Å². The van der Waals surface area contributed by atoms with Crippen LogP contribution in [0.4, 0.5) is 14.5 Å². The maximum Gasteiger partial charge on any atom is 0.149 e. The molecule has 2 N–H and O–H groups in total. The number of benzene rings is 1. The molecule has 1 aromatic carbocycles. The normalized spacial score (nSPS) is 12.5. The van der Waals surface area contributed by atoms with Gasteiger partial charge in [0.2, 0.25) is 0 Å². The van der Waals surface area contributed by atoms with E-state index in [1.54, 1.807) is 12.3 Å². The van der Waals surface area contributed by atoms with Gasteiger partial charge in [0.1, 0.15) is 11.6 Å². The van der Waals surface area contributed by atoms with Gasteiger partial charge in [-0.15, -0.1) is 0 Å². The minimum absolute atomic E-state index is 0.149. The summed E-state index contributed by atoms with van der Waals surface area (Å²) in [5.74, 6) is -1.25. The first-order chi connectivity index (χ1) is 8.08. The van der Waals surface area contributed by atoms with Crippen molar-refractivity contribution in [2.24, 2.45) is 0 Å². The van der Waals surface area contributed by atoms with Crippen molar-refractivity contribution < 1.29 is 8.78 Å². The predicted octanol–water partition coefficient (Wildman–Crippen LogP) is 3.62. The fourth-order valence-electron chi connectivity index (χ4n) is 1.45. The van der Waals surface area contributed by atoms with Crippen molar-refractivity contribution in [3.05, 3.63) is 46.2 Å². The smallest absolute Gasteiger partial charge is 0.149 e. The van der Waals surface area contributed by atoms with Crippen molar-refractivity contribution in [3.63, 3.8) is 0 Å². The monoisotopic (exact) mass is 301 g/mol. The van der Waals surface area contributed by atoms with Gasteiger partial charge < -0.3 is 5.32 Å². The van der Waals surface area contributed by atoms with Crippen molar-refractivity contribution in [1.29, 1.82) is 0 Å². The van der Waals surface area contributed by atoms with Crippen LogP contribution in [0, 0.1) is 11.6 Å². The SMILES string of the molecule is CC(Nc1cc(Br)c(F)cc1F)c1ccn[nH]1. The number of hydrogen-bond donors (Lipinski definition) is 2.